The summed E-state index contributed by atoms with van der Waals surface area (Å²) in [5, 5.41) is 29.7. The molecule has 29 heavy (non-hydrogen) atoms. The molecule has 11 heteroatoms. The number of amides is 1. The lowest BCUT2D eigenvalue weighted by Crippen LogP contribution is -2.38. The second-order valence-corrected chi connectivity index (χ2v) is 8.96. The van der Waals surface area contributed by atoms with E-state index in [2.05, 4.69) is 37.2 Å². The van der Waals surface area contributed by atoms with E-state index in [1.54, 1.807) is 0 Å². The van der Waals surface area contributed by atoms with Crippen LogP contribution in [0.25, 0.3) is 0 Å². The van der Waals surface area contributed by atoms with Crippen LogP contribution in [0.3, 0.4) is 0 Å². The summed E-state index contributed by atoms with van der Waals surface area (Å²) in [6.45, 7) is 2.68. The van der Waals surface area contributed by atoms with Gasteiger partial charge in [0.25, 0.3) is 5.91 Å². The number of phenolic OH excluding ortho intramolecular Hbond substituents is 1. The number of rotatable bonds is 7. The van der Waals surface area contributed by atoms with Gasteiger partial charge < -0.3 is 25.4 Å². The van der Waals surface area contributed by atoms with E-state index in [1.165, 1.54) is 44.2 Å². The topological polar surface area (TPSA) is 133 Å². The average Bonchev–Trinajstić information content (AvgIpc) is 2.65. The first-order chi connectivity index (χ1) is 13.5. The van der Waals surface area contributed by atoms with Crippen LogP contribution in [0.5, 0.6) is 17.2 Å². The molecule has 0 bridgehead atoms. The van der Waals surface area contributed by atoms with Crippen molar-refractivity contribution in [3.8, 4) is 17.2 Å². The maximum atomic E-state index is 12.2. The SMILES string of the molecule is CC(NC(=O)c1cc(Oc2c(Br)cc(C(C)(O)P=O)cc2Br)ccc1O)C(=O)O. The summed E-state index contributed by atoms with van der Waals surface area (Å²) in [4.78, 5) is 23.1. The first-order valence-electron chi connectivity index (χ1n) is 8.07. The number of carbonyl (C=O) groups excluding carboxylic acids is 1. The molecule has 0 aliphatic heterocycles. The Morgan fingerprint density at radius 3 is 2.31 bits per heavy atom. The van der Waals surface area contributed by atoms with Crippen molar-refractivity contribution in [3.63, 3.8) is 0 Å². The molecule has 2 aromatic rings. The minimum absolute atomic E-state index is 0.160. The van der Waals surface area contributed by atoms with Crippen molar-refractivity contribution in [2.45, 2.75) is 25.2 Å². The summed E-state index contributed by atoms with van der Waals surface area (Å²) in [6, 6.07) is 5.86. The standard InChI is InChI=1S/C18H16Br2NO7P/c1-8(17(24)25)21-16(23)11-7-10(3-4-14(11)22)28-15-12(19)5-9(6-13(15)20)18(2,26)29-27/h3-8,22,26H,1-2H3,(H,21,23)(H,24,25). The largest absolute Gasteiger partial charge is 0.507 e. The number of benzene rings is 2. The van der Waals surface area contributed by atoms with E-state index in [9.17, 15) is 24.4 Å². The van der Waals surface area contributed by atoms with Crippen LogP contribution < -0.4 is 10.1 Å². The van der Waals surface area contributed by atoms with Crippen LogP contribution in [0.15, 0.2) is 39.3 Å². The van der Waals surface area contributed by atoms with Crippen LogP contribution in [0.1, 0.15) is 29.8 Å². The van der Waals surface area contributed by atoms with Crippen molar-refractivity contribution in [2.75, 3.05) is 0 Å². The molecule has 8 nitrogen and oxygen atoms in total. The molecule has 0 heterocycles. The first-order valence-corrected chi connectivity index (χ1v) is 10.5. The molecular weight excluding hydrogens is 533 g/mol. The number of hydrogen-bond donors (Lipinski definition) is 4. The third-order valence-corrected chi connectivity index (χ3v) is 5.67. The molecule has 2 unspecified atom stereocenters. The van der Waals surface area contributed by atoms with Gasteiger partial charge in [-0.2, -0.15) is 0 Å². The van der Waals surface area contributed by atoms with Gasteiger partial charge in [0.05, 0.1) is 14.5 Å². The quantitative estimate of drug-likeness (QED) is 0.377. The lowest BCUT2D eigenvalue weighted by molar-refractivity contribution is -0.138. The fourth-order valence-corrected chi connectivity index (χ4v) is 3.78. The highest BCUT2D eigenvalue weighted by atomic mass is 79.9. The number of carboxylic acid groups (broad SMARTS) is 1. The molecule has 0 aromatic heterocycles. The van der Waals surface area contributed by atoms with Gasteiger partial charge in [0.2, 0.25) is 0 Å². The fraction of sp³-hybridized carbons (Fsp3) is 0.222. The number of aliphatic carboxylic acids is 1. The van der Waals surface area contributed by atoms with Crippen molar-refractivity contribution in [3.05, 3.63) is 50.4 Å². The Kier molecular flexibility index (Phi) is 7.40. The highest BCUT2D eigenvalue weighted by Gasteiger charge is 2.26. The molecule has 0 aliphatic carbocycles. The van der Waals surface area contributed by atoms with Gasteiger partial charge in [0.15, 0.2) is 19.6 Å². The van der Waals surface area contributed by atoms with Crippen LogP contribution in [-0.4, -0.2) is 33.2 Å². The van der Waals surface area contributed by atoms with Gasteiger partial charge in [-0.3, -0.25) is 14.2 Å². The summed E-state index contributed by atoms with van der Waals surface area (Å²) in [5.74, 6) is -1.83. The normalized spacial score (nSPS) is 14.1. The van der Waals surface area contributed by atoms with E-state index in [0.29, 0.717) is 20.3 Å². The molecule has 0 aliphatic rings. The predicted molar refractivity (Wildman–Crippen MR) is 112 cm³/mol. The van der Waals surface area contributed by atoms with Gasteiger partial charge in [-0.05, 0) is 81.6 Å². The van der Waals surface area contributed by atoms with Gasteiger partial charge in [0.1, 0.15) is 17.5 Å². The van der Waals surface area contributed by atoms with Crippen LogP contribution in [0, 0.1) is 0 Å². The summed E-state index contributed by atoms with van der Waals surface area (Å²) in [7, 11) is -0.473. The number of halogens is 2. The molecule has 1 amide bonds. The highest BCUT2D eigenvalue weighted by molar-refractivity contribution is 9.11. The second kappa shape index (κ2) is 9.21. The molecule has 0 saturated carbocycles. The molecule has 0 saturated heterocycles. The van der Waals surface area contributed by atoms with Crippen LogP contribution >= 0.6 is 40.3 Å². The second-order valence-electron chi connectivity index (χ2n) is 6.20. The van der Waals surface area contributed by atoms with Gasteiger partial charge in [0, 0.05) is 0 Å². The lowest BCUT2D eigenvalue weighted by Gasteiger charge is -2.18. The summed E-state index contributed by atoms with van der Waals surface area (Å²) >= 11 is 6.65. The van der Waals surface area contributed by atoms with E-state index >= 15 is 0 Å². The molecule has 4 N–H and O–H groups in total. The average molecular weight is 549 g/mol. The van der Waals surface area contributed by atoms with Crippen LogP contribution in [0.2, 0.25) is 0 Å². The molecule has 154 valence electrons. The maximum Gasteiger partial charge on any atom is 0.325 e. The minimum Gasteiger partial charge on any atom is -0.507 e. The number of nitrogens with one attached hydrogen (secondary N) is 1. The van der Waals surface area contributed by atoms with Crippen LogP contribution in [0.4, 0.5) is 0 Å². The Morgan fingerprint density at radius 1 is 1.21 bits per heavy atom. The Balaban J connectivity index is 2.35. The van der Waals surface area contributed by atoms with Crippen LogP contribution in [-0.2, 0) is 14.7 Å². The summed E-state index contributed by atoms with van der Waals surface area (Å²) in [6.07, 6.45) is 0. The highest BCUT2D eigenvalue weighted by Crippen LogP contribution is 2.42. The van der Waals surface area contributed by atoms with Crippen molar-refractivity contribution in [2.24, 2.45) is 0 Å². The smallest absolute Gasteiger partial charge is 0.325 e. The third-order valence-electron chi connectivity index (χ3n) is 3.87. The molecule has 2 rings (SSSR count). The van der Waals surface area contributed by atoms with E-state index in [1.807, 2.05) is 0 Å². The lowest BCUT2D eigenvalue weighted by atomic mass is 10.1. The molecule has 2 atom stereocenters. The van der Waals surface area contributed by atoms with Crippen molar-refractivity contribution in [1.29, 1.82) is 0 Å². The fourth-order valence-electron chi connectivity index (χ4n) is 2.20. The maximum absolute atomic E-state index is 12.2. The first kappa shape index (κ1) is 23.3. The Labute approximate surface area is 184 Å². The number of hydrogen-bond acceptors (Lipinski definition) is 6. The van der Waals surface area contributed by atoms with Crippen molar-refractivity contribution < 1.29 is 34.2 Å². The summed E-state index contributed by atoms with van der Waals surface area (Å²) in [5.41, 5.74) is 0.209. The van der Waals surface area contributed by atoms with E-state index in [0.717, 1.165) is 0 Å². The molecule has 0 fully saturated rings. The number of aromatic hydroxyl groups is 1. The minimum atomic E-state index is -1.59. The third kappa shape index (κ3) is 5.54. The Hall–Kier alpha value is -2.00. The molecular formula is C18H16Br2NO7P. The number of carbonyl (C=O) groups is 2. The van der Waals surface area contributed by atoms with Gasteiger partial charge in [-0.25, -0.2) is 0 Å². The molecule has 2 aromatic carbocycles. The Bertz CT molecular complexity index is 958. The number of ether oxygens (including phenoxy) is 1. The van der Waals surface area contributed by atoms with E-state index in [-0.39, 0.29) is 17.1 Å². The van der Waals surface area contributed by atoms with Crippen molar-refractivity contribution in [1.82, 2.24) is 5.32 Å². The summed E-state index contributed by atoms with van der Waals surface area (Å²) < 4.78 is 17.8. The zero-order valence-electron chi connectivity index (χ0n) is 15.1. The Morgan fingerprint density at radius 2 is 1.79 bits per heavy atom. The number of aliphatic hydroxyl groups is 1. The predicted octanol–water partition coefficient (Wildman–Crippen LogP) is 4.37. The zero-order valence-corrected chi connectivity index (χ0v) is 19.2. The monoisotopic (exact) mass is 547 g/mol. The van der Waals surface area contributed by atoms with Gasteiger partial charge in [-0.1, -0.05) is 0 Å². The van der Waals surface area contributed by atoms with Gasteiger partial charge >= 0.3 is 5.97 Å². The molecule has 0 radical (unpaired) electrons. The number of phenols is 1. The van der Waals surface area contributed by atoms with Crippen molar-refractivity contribution >= 4 is 52.2 Å². The zero-order chi connectivity index (χ0) is 21.9. The molecule has 0 spiro atoms. The van der Waals surface area contributed by atoms with E-state index < -0.39 is 31.7 Å². The number of carboxylic acids is 1. The van der Waals surface area contributed by atoms with E-state index in [4.69, 9.17) is 9.84 Å². The van der Waals surface area contributed by atoms with Gasteiger partial charge in [-0.15, -0.1) is 0 Å².